The molecule has 0 saturated carbocycles. The second kappa shape index (κ2) is 9.48. The maximum absolute atomic E-state index is 12.1. The van der Waals surface area contributed by atoms with Gasteiger partial charge in [0.25, 0.3) is 11.8 Å². The zero-order valence-corrected chi connectivity index (χ0v) is 14.5. The molecule has 2 rings (SSSR count). The van der Waals surface area contributed by atoms with Crippen LogP contribution in [0.4, 0.5) is 5.69 Å². The highest BCUT2D eigenvalue weighted by atomic mass is 16.2. The summed E-state index contributed by atoms with van der Waals surface area (Å²) < 4.78 is 0. The Morgan fingerprint density at radius 1 is 1.04 bits per heavy atom. The lowest BCUT2D eigenvalue weighted by Gasteiger charge is -2.17. The van der Waals surface area contributed by atoms with Crippen molar-refractivity contribution >= 4 is 17.5 Å². The summed E-state index contributed by atoms with van der Waals surface area (Å²) in [4.78, 5) is 34.2. The van der Waals surface area contributed by atoms with Crippen LogP contribution in [0.5, 0.6) is 0 Å². The molecule has 0 bridgehead atoms. The van der Waals surface area contributed by atoms with E-state index in [4.69, 9.17) is 0 Å². The van der Waals surface area contributed by atoms with Gasteiger partial charge in [-0.15, -0.1) is 0 Å². The van der Waals surface area contributed by atoms with Gasteiger partial charge in [-0.1, -0.05) is 13.8 Å². The Labute approximate surface area is 147 Å². The van der Waals surface area contributed by atoms with E-state index in [0.29, 0.717) is 17.8 Å². The highest BCUT2D eigenvalue weighted by molar-refractivity contribution is 6.03. The molecule has 0 aliphatic rings. The van der Waals surface area contributed by atoms with Gasteiger partial charge in [0.2, 0.25) is 0 Å². The molecule has 1 aromatic carbocycles. The van der Waals surface area contributed by atoms with Crippen LogP contribution in [0.1, 0.15) is 34.7 Å². The number of amides is 2. The molecule has 0 atom stereocenters. The van der Waals surface area contributed by atoms with Crippen molar-refractivity contribution in [2.75, 3.05) is 31.5 Å². The van der Waals surface area contributed by atoms with Gasteiger partial charge >= 0.3 is 0 Å². The molecule has 2 amide bonds. The maximum atomic E-state index is 12.1. The molecule has 0 saturated heterocycles. The molecule has 132 valence electrons. The Morgan fingerprint density at radius 3 is 2.36 bits per heavy atom. The number of nitrogens with one attached hydrogen (secondary N) is 2. The molecule has 7 heteroatoms. The molecular formula is C18H23N5O2. The summed E-state index contributed by atoms with van der Waals surface area (Å²) in [6, 6.07) is 6.74. The van der Waals surface area contributed by atoms with Gasteiger partial charge in [-0.3, -0.25) is 14.6 Å². The molecule has 2 aromatic rings. The van der Waals surface area contributed by atoms with Crippen LogP contribution < -0.4 is 10.6 Å². The fourth-order valence-corrected chi connectivity index (χ4v) is 2.29. The average Bonchev–Trinajstić information content (AvgIpc) is 2.66. The van der Waals surface area contributed by atoms with E-state index in [2.05, 4.69) is 39.3 Å². The Morgan fingerprint density at radius 2 is 1.76 bits per heavy atom. The van der Waals surface area contributed by atoms with Crippen molar-refractivity contribution in [1.29, 1.82) is 0 Å². The molecule has 0 unspecified atom stereocenters. The Hall–Kier alpha value is -2.80. The van der Waals surface area contributed by atoms with E-state index in [1.54, 1.807) is 24.3 Å². The van der Waals surface area contributed by atoms with Crippen LogP contribution in [0.2, 0.25) is 0 Å². The van der Waals surface area contributed by atoms with Crippen LogP contribution in [-0.4, -0.2) is 52.9 Å². The number of carbonyl (C=O) groups excluding carboxylic acids is 2. The van der Waals surface area contributed by atoms with Crippen molar-refractivity contribution in [2.45, 2.75) is 13.8 Å². The van der Waals surface area contributed by atoms with Crippen LogP contribution >= 0.6 is 0 Å². The summed E-state index contributed by atoms with van der Waals surface area (Å²) in [7, 11) is 0. The van der Waals surface area contributed by atoms with Gasteiger partial charge in [-0.2, -0.15) is 0 Å². The predicted molar refractivity (Wildman–Crippen MR) is 96.5 cm³/mol. The van der Waals surface area contributed by atoms with Crippen molar-refractivity contribution in [3.05, 3.63) is 54.1 Å². The molecule has 0 spiro atoms. The second-order valence-corrected chi connectivity index (χ2v) is 5.40. The quantitative estimate of drug-likeness (QED) is 0.764. The predicted octanol–water partition coefficient (Wildman–Crippen LogP) is 1.80. The van der Waals surface area contributed by atoms with Gasteiger partial charge in [0, 0.05) is 36.7 Å². The maximum Gasteiger partial charge on any atom is 0.275 e. The first-order valence-corrected chi connectivity index (χ1v) is 8.32. The van der Waals surface area contributed by atoms with Gasteiger partial charge in [-0.05, 0) is 37.4 Å². The van der Waals surface area contributed by atoms with Gasteiger partial charge in [0.1, 0.15) is 5.69 Å². The van der Waals surface area contributed by atoms with Crippen molar-refractivity contribution in [3.63, 3.8) is 0 Å². The molecule has 0 aliphatic carbocycles. The van der Waals surface area contributed by atoms with Crippen LogP contribution in [-0.2, 0) is 0 Å². The lowest BCUT2D eigenvalue weighted by molar-refractivity contribution is 0.0948. The average molecular weight is 341 g/mol. The monoisotopic (exact) mass is 341 g/mol. The summed E-state index contributed by atoms with van der Waals surface area (Å²) in [6.07, 6.45) is 4.36. The first kappa shape index (κ1) is 18.5. The molecule has 1 aromatic heterocycles. The minimum absolute atomic E-state index is 0.126. The molecule has 0 radical (unpaired) electrons. The van der Waals surface area contributed by atoms with E-state index in [9.17, 15) is 9.59 Å². The summed E-state index contributed by atoms with van der Waals surface area (Å²) in [5, 5.41) is 5.62. The Bertz CT molecular complexity index is 684. The highest BCUT2D eigenvalue weighted by Gasteiger charge is 2.09. The van der Waals surface area contributed by atoms with Crippen LogP contribution in [0.3, 0.4) is 0 Å². The molecule has 0 fully saturated rings. The third-order valence-corrected chi connectivity index (χ3v) is 3.81. The van der Waals surface area contributed by atoms with Gasteiger partial charge < -0.3 is 15.5 Å². The van der Waals surface area contributed by atoms with E-state index < -0.39 is 0 Å². The fraction of sp³-hybridized carbons (Fsp3) is 0.333. The highest BCUT2D eigenvalue weighted by Crippen LogP contribution is 2.10. The molecule has 2 N–H and O–H groups in total. The van der Waals surface area contributed by atoms with Crippen molar-refractivity contribution < 1.29 is 9.59 Å². The van der Waals surface area contributed by atoms with E-state index in [-0.39, 0.29) is 17.5 Å². The van der Waals surface area contributed by atoms with E-state index >= 15 is 0 Å². The normalized spacial score (nSPS) is 10.5. The van der Waals surface area contributed by atoms with Crippen molar-refractivity contribution in [1.82, 2.24) is 20.2 Å². The SMILES string of the molecule is CCN(CC)CCNC(=O)c1ccc(NC(=O)c2cnccn2)cc1. The molecule has 7 nitrogen and oxygen atoms in total. The lowest BCUT2D eigenvalue weighted by Crippen LogP contribution is -2.34. The van der Waals surface area contributed by atoms with Gasteiger partial charge in [-0.25, -0.2) is 4.98 Å². The van der Waals surface area contributed by atoms with Crippen LogP contribution in [0.15, 0.2) is 42.9 Å². The molecule has 0 aliphatic heterocycles. The summed E-state index contributed by atoms with van der Waals surface area (Å²) >= 11 is 0. The van der Waals surface area contributed by atoms with Crippen molar-refractivity contribution in [2.24, 2.45) is 0 Å². The van der Waals surface area contributed by atoms with Crippen molar-refractivity contribution in [3.8, 4) is 0 Å². The smallest absolute Gasteiger partial charge is 0.275 e. The Balaban J connectivity index is 1.86. The van der Waals surface area contributed by atoms with E-state index in [1.807, 2.05) is 0 Å². The Kier molecular flexibility index (Phi) is 7.03. The third-order valence-electron chi connectivity index (χ3n) is 3.81. The number of rotatable bonds is 8. The summed E-state index contributed by atoms with van der Waals surface area (Å²) in [6.45, 7) is 7.55. The number of benzene rings is 1. The first-order chi connectivity index (χ1) is 12.1. The minimum Gasteiger partial charge on any atom is -0.351 e. The minimum atomic E-state index is -0.343. The van der Waals surface area contributed by atoms with Gasteiger partial charge in [0.15, 0.2) is 0 Å². The first-order valence-electron chi connectivity index (χ1n) is 8.32. The number of nitrogens with zero attached hydrogens (tertiary/aromatic N) is 3. The third kappa shape index (κ3) is 5.65. The number of aromatic nitrogens is 2. The number of hydrogen-bond donors (Lipinski definition) is 2. The number of likely N-dealkylation sites (N-methyl/N-ethyl adjacent to an activating group) is 1. The van der Waals surface area contributed by atoms with E-state index in [0.717, 1.165) is 19.6 Å². The molecule has 1 heterocycles. The van der Waals surface area contributed by atoms with Crippen LogP contribution in [0, 0.1) is 0 Å². The number of carbonyl (C=O) groups is 2. The lowest BCUT2D eigenvalue weighted by atomic mass is 10.2. The number of anilines is 1. The van der Waals surface area contributed by atoms with E-state index in [1.165, 1.54) is 18.6 Å². The zero-order chi connectivity index (χ0) is 18.1. The summed E-state index contributed by atoms with van der Waals surface area (Å²) in [5.41, 5.74) is 1.38. The van der Waals surface area contributed by atoms with Gasteiger partial charge in [0.05, 0.1) is 6.20 Å². The largest absolute Gasteiger partial charge is 0.351 e. The molecular weight excluding hydrogens is 318 g/mol. The molecule has 25 heavy (non-hydrogen) atoms. The zero-order valence-electron chi connectivity index (χ0n) is 14.5. The van der Waals surface area contributed by atoms with Crippen LogP contribution in [0.25, 0.3) is 0 Å². The second-order valence-electron chi connectivity index (χ2n) is 5.40. The summed E-state index contributed by atoms with van der Waals surface area (Å²) in [5.74, 6) is -0.469. The fourth-order valence-electron chi connectivity index (χ4n) is 2.29. The topological polar surface area (TPSA) is 87.2 Å². The standard InChI is InChI=1S/C18H23N5O2/c1-3-23(4-2)12-11-21-17(24)14-5-7-15(8-6-14)22-18(25)16-13-19-9-10-20-16/h5-10,13H,3-4,11-12H2,1-2H3,(H,21,24)(H,22,25). The number of hydrogen-bond acceptors (Lipinski definition) is 5.